The van der Waals surface area contributed by atoms with E-state index in [9.17, 15) is 0 Å². The average Bonchev–Trinajstić information content (AvgIpc) is 2.50. The van der Waals surface area contributed by atoms with Crippen LogP contribution >= 0.6 is 0 Å². The van der Waals surface area contributed by atoms with Crippen LogP contribution in [0.5, 0.6) is 0 Å². The summed E-state index contributed by atoms with van der Waals surface area (Å²) in [5, 5.41) is 0. The SMILES string of the molecule is CCOCC1CCC(OCC)=N1. The van der Waals surface area contributed by atoms with Crippen LogP contribution in [0.15, 0.2) is 4.99 Å². The van der Waals surface area contributed by atoms with E-state index >= 15 is 0 Å². The van der Waals surface area contributed by atoms with E-state index in [0.717, 1.165) is 38.6 Å². The first-order chi connectivity index (χ1) is 5.86. The maximum atomic E-state index is 5.31. The van der Waals surface area contributed by atoms with Gasteiger partial charge in [-0.15, -0.1) is 0 Å². The Kier molecular flexibility index (Phi) is 4.08. The van der Waals surface area contributed by atoms with Gasteiger partial charge in [0.15, 0.2) is 5.90 Å². The van der Waals surface area contributed by atoms with E-state index in [1.807, 2.05) is 13.8 Å². The first-order valence-electron chi connectivity index (χ1n) is 4.64. The molecule has 0 saturated heterocycles. The highest BCUT2D eigenvalue weighted by Crippen LogP contribution is 2.14. The standard InChI is InChI=1S/C9H17NO2/c1-3-11-7-8-5-6-9(10-8)12-4-2/h8H,3-7H2,1-2H3. The molecule has 1 unspecified atom stereocenters. The third-order valence-electron chi connectivity index (χ3n) is 1.84. The lowest BCUT2D eigenvalue weighted by atomic mass is 10.2. The molecule has 0 spiro atoms. The van der Waals surface area contributed by atoms with Gasteiger partial charge in [0.05, 0.1) is 19.3 Å². The van der Waals surface area contributed by atoms with Crippen LogP contribution in [0.4, 0.5) is 0 Å². The molecule has 0 fully saturated rings. The molecule has 0 aromatic carbocycles. The van der Waals surface area contributed by atoms with Crippen molar-refractivity contribution in [1.82, 2.24) is 0 Å². The van der Waals surface area contributed by atoms with E-state index in [0.29, 0.717) is 6.04 Å². The van der Waals surface area contributed by atoms with Crippen LogP contribution in [-0.2, 0) is 9.47 Å². The van der Waals surface area contributed by atoms with Crippen molar-refractivity contribution < 1.29 is 9.47 Å². The molecule has 0 saturated carbocycles. The zero-order valence-electron chi connectivity index (χ0n) is 7.88. The molecule has 1 heterocycles. The van der Waals surface area contributed by atoms with Crippen molar-refractivity contribution in [1.29, 1.82) is 0 Å². The summed E-state index contributed by atoms with van der Waals surface area (Å²) in [4.78, 5) is 4.38. The Hall–Kier alpha value is -0.570. The summed E-state index contributed by atoms with van der Waals surface area (Å²) < 4.78 is 10.6. The van der Waals surface area contributed by atoms with Gasteiger partial charge in [0, 0.05) is 13.0 Å². The molecular formula is C9H17NO2. The van der Waals surface area contributed by atoms with E-state index in [2.05, 4.69) is 4.99 Å². The monoisotopic (exact) mass is 171 g/mol. The number of hydrogen-bond acceptors (Lipinski definition) is 3. The first-order valence-corrected chi connectivity index (χ1v) is 4.64. The second-order valence-corrected chi connectivity index (χ2v) is 2.81. The van der Waals surface area contributed by atoms with E-state index in [1.165, 1.54) is 0 Å². The van der Waals surface area contributed by atoms with Gasteiger partial charge in [-0.3, -0.25) is 0 Å². The largest absolute Gasteiger partial charge is 0.481 e. The van der Waals surface area contributed by atoms with Crippen LogP contribution in [0.2, 0.25) is 0 Å². The molecule has 0 bridgehead atoms. The predicted octanol–water partition coefficient (Wildman–Crippen LogP) is 1.62. The second-order valence-electron chi connectivity index (χ2n) is 2.81. The van der Waals surface area contributed by atoms with Gasteiger partial charge < -0.3 is 9.47 Å². The smallest absolute Gasteiger partial charge is 0.183 e. The minimum atomic E-state index is 0.339. The molecule has 0 aromatic rings. The normalized spacial score (nSPS) is 22.5. The van der Waals surface area contributed by atoms with E-state index < -0.39 is 0 Å². The highest BCUT2D eigenvalue weighted by atomic mass is 16.5. The van der Waals surface area contributed by atoms with Gasteiger partial charge >= 0.3 is 0 Å². The number of rotatable bonds is 4. The van der Waals surface area contributed by atoms with Gasteiger partial charge in [-0.25, -0.2) is 4.99 Å². The molecule has 3 heteroatoms. The molecule has 0 aliphatic carbocycles. The fourth-order valence-electron chi connectivity index (χ4n) is 1.27. The van der Waals surface area contributed by atoms with Crippen LogP contribution in [-0.4, -0.2) is 31.8 Å². The van der Waals surface area contributed by atoms with Crippen LogP contribution in [0.3, 0.4) is 0 Å². The third-order valence-corrected chi connectivity index (χ3v) is 1.84. The van der Waals surface area contributed by atoms with Gasteiger partial charge in [0.2, 0.25) is 0 Å². The summed E-state index contributed by atoms with van der Waals surface area (Å²) in [6.45, 7) is 6.23. The summed E-state index contributed by atoms with van der Waals surface area (Å²) in [7, 11) is 0. The Labute approximate surface area is 73.8 Å². The molecule has 0 N–H and O–H groups in total. The number of ether oxygens (including phenoxy) is 2. The lowest BCUT2D eigenvalue weighted by Crippen LogP contribution is -2.09. The van der Waals surface area contributed by atoms with Crippen molar-refractivity contribution in [2.24, 2.45) is 4.99 Å². The molecule has 3 nitrogen and oxygen atoms in total. The third kappa shape index (κ3) is 2.81. The van der Waals surface area contributed by atoms with Crippen molar-refractivity contribution >= 4 is 5.90 Å². The summed E-state index contributed by atoms with van der Waals surface area (Å²) in [5.41, 5.74) is 0. The average molecular weight is 171 g/mol. The number of aliphatic imine (C=N–C) groups is 1. The Morgan fingerprint density at radius 1 is 1.42 bits per heavy atom. The molecule has 1 rings (SSSR count). The lowest BCUT2D eigenvalue weighted by molar-refractivity contribution is 0.134. The second kappa shape index (κ2) is 5.14. The Bertz CT molecular complexity index is 157. The highest BCUT2D eigenvalue weighted by molar-refractivity contribution is 5.78. The topological polar surface area (TPSA) is 30.8 Å². The fraction of sp³-hybridized carbons (Fsp3) is 0.889. The maximum absolute atomic E-state index is 5.31. The van der Waals surface area contributed by atoms with Crippen molar-refractivity contribution in [3.63, 3.8) is 0 Å². The molecule has 1 aliphatic rings. The zero-order chi connectivity index (χ0) is 8.81. The number of hydrogen-bond donors (Lipinski definition) is 0. The minimum Gasteiger partial charge on any atom is -0.481 e. The molecule has 0 radical (unpaired) electrons. The molecule has 12 heavy (non-hydrogen) atoms. The van der Waals surface area contributed by atoms with Crippen LogP contribution in [0.25, 0.3) is 0 Å². The molecule has 1 atom stereocenters. The van der Waals surface area contributed by atoms with Crippen LogP contribution in [0, 0.1) is 0 Å². The molecule has 0 amide bonds. The Balaban J connectivity index is 2.22. The van der Waals surface area contributed by atoms with E-state index in [-0.39, 0.29) is 0 Å². The van der Waals surface area contributed by atoms with E-state index in [4.69, 9.17) is 9.47 Å². The summed E-state index contributed by atoms with van der Waals surface area (Å²) in [6, 6.07) is 0.339. The van der Waals surface area contributed by atoms with Crippen molar-refractivity contribution in [2.75, 3.05) is 19.8 Å². The Morgan fingerprint density at radius 2 is 2.25 bits per heavy atom. The minimum absolute atomic E-state index is 0.339. The quantitative estimate of drug-likeness (QED) is 0.643. The van der Waals surface area contributed by atoms with Crippen molar-refractivity contribution in [2.45, 2.75) is 32.7 Å². The lowest BCUT2D eigenvalue weighted by Gasteiger charge is -2.04. The van der Waals surface area contributed by atoms with Gasteiger partial charge in [0.1, 0.15) is 0 Å². The molecule has 1 aliphatic heterocycles. The number of nitrogens with zero attached hydrogens (tertiary/aromatic N) is 1. The molecule has 70 valence electrons. The summed E-state index contributed by atoms with van der Waals surface area (Å²) >= 11 is 0. The van der Waals surface area contributed by atoms with Gasteiger partial charge in [0.25, 0.3) is 0 Å². The van der Waals surface area contributed by atoms with Crippen LogP contribution < -0.4 is 0 Å². The fourth-order valence-corrected chi connectivity index (χ4v) is 1.27. The maximum Gasteiger partial charge on any atom is 0.183 e. The van der Waals surface area contributed by atoms with Gasteiger partial charge in [-0.2, -0.15) is 0 Å². The van der Waals surface area contributed by atoms with E-state index in [1.54, 1.807) is 0 Å². The highest BCUT2D eigenvalue weighted by Gasteiger charge is 2.17. The van der Waals surface area contributed by atoms with Crippen molar-refractivity contribution in [3.8, 4) is 0 Å². The van der Waals surface area contributed by atoms with Crippen molar-refractivity contribution in [3.05, 3.63) is 0 Å². The van der Waals surface area contributed by atoms with Gasteiger partial charge in [-0.05, 0) is 20.3 Å². The predicted molar refractivity (Wildman–Crippen MR) is 48.6 cm³/mol. The first kappa shape index (κ1) is 9.52. The Morgan fingerprint density at radius 3 is 2.92 bits per heavy atom. The zero-order valence-corrected chi connectivity index (χ0v) is 7.88. The van der Waals surface area contributed by atoms with Gasteiger partial charge in [-0.1, -0.05) is 0 Å². The molecular weight excluding hydrogens is 154 g/mol. The van der Waals surface area contributed by atoms with Crippen LogP contribution in [0.1, 0.15) is 26.7 Å². The summed E-state index contributed by atoms with van der Waals surface area (Å²) in [5.74, 6) is 0.905. The molecule has 0 aromatic heterocycles. The summed E-state index contributed by atoms with van der Waals surface area (Å²) in [6.07, 6.45) is 2.06.